The van der Waals surface area contributed by atoms with Crippen molar-refractivity contribution < 1.29 is 33.0 Å². The summed E-state index contributed by atoms with van der Waals surface area (Å²) in [4.78, 5) is 54.1. The van der Waals surface area contributed by atoms with Gasteiger partial charge >= 0.3 is 20.3 Å². The van der Waals surface area contributed by atoms with Crippen molar-refractivity contribution >= 4 is 14.6 Å². The zero-order valence-corrected chi connectivity index (χ0v) is 15.7. The van der Waals surface area contributed by atoms with E-state index in [1.807, 2.05) is 0 Å². The number of carbonyl (C=O) groups is 1. The fourth-order valence-electron chi connectivity index (χ4n) is 3.19. The van der Waals surface area contributed by atoms with Crippen LogP contribution in [0.3, 0.4) is 0 Å². The molecule has 1 aromatic heterocycles. The van der Waals surface area contributed by atoms with Crippen molar-refractivity contribution in [2.75, 3.05) is 13.2 Å². The lowest BCUT2D eigenvalue weighted by molar-refractivity contribution is -0.150. The first-order valence-corrected chi connectivity index (χ1v) is 9.91. The second-order valence-corrected chi connectivity index (χ2v) is 7.24. The van der Waals surface area contributed by atoms with Crippen molar-refractivity contribution in [1.29, 1.82) is 0 Å². The molecule has 0 saturated carbocycles. The van der Waals surface area contributed by atoms with E-state index >= 15 is 0 Å². The third kappa shape index (κ3) is 4.83. The Kier molecular flexibility index (Phi) is 6.91. The Morgan fingerprint density at radius 1 is 1.36 bits per heavy atom. The number of hydrogen-bond acceptors (Lipinski definition) is 9. The molecule has 3 N–H and O–H groups in total. The molecular weight excluding hydrogens is 400 g/mol. The lowest BCUT2D eigenvalue weighted by atomic mass is 10.2. The Labute approximate surface area is 159 Å². The van der Waals surface area contributed by atoms with Crippen molar-refractivity contribution in [3.63, 3.8) is 0 Å². The average molecular weight is 421 g/mol. The second kappa shape index (κ2) is 9.21. The standard InChI is InChI=1S/C15H21FN3O8P/c16-10-6-18(12-4-3-9(27-12)7-26-28(23)24)15(22)19(13(10)20)8-25-14(21)11-2-1-5-17-11/h6,9,11-12,17,23-24H,1-5,7-8H2. The molecule has 0 spiro atoms. The smallest absolute Gasteiger partial charge is 0.336 e. The van der Waals surface area contributed by atoms with Crippen LogP contribution in [-0.4, -0.2) is 50.2 Å². The van der Waals surface area contributed by atoms with Crippen LogP contribution >= 0.6 is 8.60 Å². The minimum absolute atomic E-state index is 0.0991. The summed E-state index contributed by atoms with van der Waals surface area (Å²) in [7, 11) is -2.53. The molecule has 28 heavy (non-hydrogen) atoms. The highest BCUT2D eigenvalue weighted by molar-refractivity contribution is 7.39. The Bertz CT molecular complexity index is 822. The normalized spacial score (nSPS) is 24.8. The first kappa shape index (κ1) is 21.0. The molecule has 0 aliphatic carbocycles. The number of halogens is 1. The number of hydrogen-bond donors (Lipinski definition) is 3. The number of esters is 1. The SMILES string of the molecule is O=C(OCn1c(=O)c(F)cn(C2CCC(COP(O)O)O2)c1=O)C1CCCN1. The van der Waals surface area contributed by atoms with Crippen LogP contribution in [0.5, 0.6) is 0 Å². The van der Waals surface area contributed by atoms with Crippen LogP contribution in [0.2, 0.25) is 0 Å². The summed E-state index contributed by atoms with van der Waals surface area (Å²) in [5, 5.41) is 2.93. The highest BCUT2D eigenvalue weighted by Gasteiger charge is 2.30. The Balaban J connectivity index is 1.72. The monoisotopic (exact) mass is 421 g/mol. The number of ether oxygens (including phenoxy) is 2. The average Bonchev–Trinajstić information content (AvgIpc) is 3.34. The van der Waals surface area contributed by atoms with E-state index in [2.05, 4.69) is 5.32 Å². The van der Waals surface area contributed by atoms with E-state index in [1.54, 1.807) is 0 Å². The number of carbonyl (C=O) groups excluding carboxylic acids is 1. The highest BCUT2D eigenvalue weighted by Crippen LogP contribution is 2.31. The van der Waals surface area contributed by atoms with Gasteiger partial charge in [-0.1, -0.05) is 0 Å². The van der Waals surface area contributed by atoms with Crippen LogP contribution in [0.25, 0.3) is 0 Å². The molecule has 156 valence electrons. The summed E-state index contributed by atoms with van der Waals surface area (Å²) in [6, 6.07) is -0.506. The number of aromatic nitrogens is 2. The van der Waals surface area contributed by atoms with Gasteiger partial charge in [0.2, 0.25) is 5.82 Å². The van der Waals surface area contributed by atoms with Crippen LogP contribution in [0.15, 0.2) is 15.8 Å². The molecule has 3 atom stereocenters. The van der Waals surface area contributed by atoms with Gasteiger partial charge in [0.1, 0.15) is 12.3 Å². The van der Waals surface area contributed by atoms with Gasteiger partial charge in [0.05, 0.1) is 18.9 Å². The Morgan fingerprint density at radius 2 is 2.14 bits per heavy atom. The van der Waals surface area contributed by atoms with Gasteiger partial charge in [-0.05, 0) is 32.2 Å². The van der Waals surface area contributed by atoms with E-state index in [9.17, 15) is 18.8 Å². The summed E-state index contributed by atoms with van der Waals surface area (Å²) >= 11 is 0. The minimum Gasteiger partial charge on any atom is -0.442 e. The van der Waals surface area contributed by atoms with Crippen LogP contribution in [-0.2, 0) is 25.5 Å². The fraction of sp³-hybridized carbons (Fsp3) is 0.667. The molecule has 2 saturated heterocycles. The Morgan fingerprint density at radius 3 is 2.82 bits per heavy atom. The van der Waals surface area contributed by atoms with Gasteiger partial charge in [0.25, 0.3) is 5.56 Å². The number of nitrogens with zero attached hydrogens (tertiary/aromatic N) is 2. The Hall–Kier alpha value is -1.69. The van der Waals surface area contributed by atoms with Crippen molar-refractivity contribution in [3.8, 4) is 0 Å². The molecule has 0 radical (unpaired) electrons. The topological polar surface area (TPSA) is 141 Å². The molecule has 3 unspecified atom stereocenters. The highest BCUT2D eigenvalue weighted by atomic mass is 31.2. The molecule has 2 aliphatic heterocycles. The molecule has 0 bridgehead atoms. The van der Waals surface area contributed by atoms with E-state index in [-0.39, 0.29) is 6.61 Å². The molecule has 3 heterocycles. The lowest BCUT2D eigenvalue weighted by Gasteiger charge is -2.18. The van der Waals surface area contributed by atoms with Gasteiger partial charge in [-0.15, -0.1) is 0 Å². The molecule has 2 aliphatic rings. The molecular formula is C15H21FN3O8P. The fourth-order valence-corrected chi connectivity index (χ4v) is 3.49. The van der Waals surface area contributed by atoms with Gasteiger partial charge < -0.3 is 29.1 Å². The van der Waals surface area contributed by atoms with Crippen LogP contribution in [0, 0.1) is 5.82 Å². The third-order valence-electron chi connectivity index (χ3n) is 4.61. The largest absolute Gasteiger partial charge is 0.442 e. The molecule has 3 rings (SSSR count). The number of rotatable bonds is 7. The van der Waals surface area contributed by atoms with E-state index in [0.717, 1.165) is 17.2 Å². The van der Waals surface area contributed by atoms with E-state index in [0.29, 0.717) is 30.4 Å². The predicted octanol–water partition coefficient (Wildman–Crippen LogP) is -0.692. The van der Waals surface area contributed by atoms with Crippen molar-refractivity contribution in [2.24, 2.45) is 0 Å². The maximum atomic E-state index is 14.1. The van der Waals surface area contributed by atoms with Gasteiger partial charge in [0.15, 0.2) is 6.73 Å². The molecule has 1 aromatic rings. The minimum atomic E-state index is -2.53. The quantitative estimate of drug-likeness (QED) is 0.385. The second-order valence-electron chi connectivity index (χ2n) is 6.48. The molecule has 2 fully saturated rings. The molecule has 11 nitrogen and oxygen atoms in total. The van der Waals surface area contributed by atoms with Gasteiger partial charge in [0, 0.05) is 0 Å². The molecule has 0 aromatic carbocycles. The maximum absolute atomic E-state index is 14.1. The summed E-state index contributed by atoms with van der Waals surface area (Å²) in [6.07, 6.45) is 1.53. The summed E-state index contributed by atoms with van der Waals surface area (Å²) in [5.41, 5.74) is -2.07. The molecule has 13 heteroatoms. The van der Waals surface area contributed by atoms with E-state index < -0.39 is 56.7 Å². The summed E-state index contributed by atoms with van der Waals surface area (Å²) in [6.45, 7) is -0.131. The van der Waals surface area contributed by atoms with Crippen LogP contribution in [0.4, 0.5) is 4.39 Å². The number of nitrogens with one attached hydrogen (secondary N) is 1. The van der Waals surface area contributed by atoms with Crippen molar-refractivity contribution in [1.82, 2.24) is 14.5 Å². The van der Waals surface area contributed by atoms with Gasteiger partial charge in [-0.25, -0.2) is 9.36 Å². The summed E-state index contributed by atoms with van der Waals surface area (Å²) in [5.74, 6) is -1.80. The van der Waals surface area contributed by atoms with Crippen molar-refractivity contribution in [3.05, 3.63) is 32.9 Å². The predicted molar refractivity (Wildman–Crippen MR) is 92.5 cm³/mol. The molecule has 0 amide bonds. The lowest BCUT2D eigenvalue weighted by Crippen LogP contribution is -2.44. The van der Waals surface area contributed by atoms with E-state index in [1.165, 1.54) is 0 Å². The zero-order chi connectivity index (χ0) is 20.3. The van der Waals surface area contributed by atoms with Crippen LogP contribution < -0.4 is 16.6 Å². The van der Waals surface area contributed by atoms with E-state index in [4.69, 9.17) is 23.8 Å². The van der Waals surface area contributed by atoms with Gasteiger partial charge in [-0.3, -0.25) is 14.2 Å². The first-order valence-electron chi connectivity index (χ1n) is 8.74. The van der Waals surface area contributed by atoms with Crippen molar-refractivity contribution in [2.45, 2.75) is 50.8 Å². The first-order chi connectivity index (χ1) is 13.4. The van der Waals surface area contributed by atoms with Crippen LogP contribution in [0.1, 0.15) is 31.9 Å². The van der Waals surface area contributed by atoms with Gasteiger partial charge in [-0.2, -0.15) is 4.39 Å². The zero-order valence-electron chi connectivity index (χ0n) is 14.8. The maximum Gasteiger partial charge on any atom is 0.336 e. The third-order valence-corrected chi connectivity index (χ3v) is 4.99. The summed E-state index contributed by atoms with van der Waals surface area (Å²) < 4.78 is 30.7.